The van der Waals surface area contributed by atoms with Crippen molar-refractivity contribution in [2.24, 2.45) is 7.05 Å². The average Bonchev–Trinajstić information content (AvgIpc) is 3.31. The fourth-order valence-electron chi connectivity index (χ4n) is 5.16. The number of pyridine rings is 1. The second-order valence-electron chi connectivity index (χ2n) is 9.23. The summed E-state index contributed by atoms with van der Waals surface area (Å²) in [5.74, 6) is 0. The van der Waals surface area contributed by atoms with E-state index < -0.39 is 0 Å². The number of carbonyl (C=O) groups is 1. The minimum absolute atomic E-state index is 0.00398. The number of likely N-dealkylation sites (tertiary alicyclic amines) is 1. The molecule has 1 saturated heterocycles. The molecule has 2 aromatic heterocycles. The Hall–Kier alpha value is -3.13. The Bertz CT molecular complexity index is 1440. The van der Waals surface area contributed by atoms with Gasteiger partial charge in [0.15, 0.2) is 0 Å². The van der Waals surface area contributed by atoms with E-state index in [0.717, 1.165) is 63.1 Å². The predicted octanol–water partition coefficient (Wildman–Crippen LogP) is 5.11. The molecule has 0 bridgehead atoms. The molecule has 0 radical (unpaired) electrons. The largest absolute Gasteiger partial charge is 0.445 e. The maximum absolute atomic E-state index is 13.4. The van der Waals surface area contributed by atoms with Crippen LogP contribution in [0.25, 0.3) is 21.8 Å². The number of hydrogen-bond donors (Lipinski definition) is 0. The summed E-state index contributed by atoms with van der Waals surface area (Å²) in [7, 11) is 1.82. The zero-order valence-electron chi connectivity index (χ0n) is 20.0. The van der Waals surface area contributed by atoms with Gasteiger partial charge in [-0.15, -0.1) is 0 Å². The first-order valence-corrected chi connectivity index (χ1v) is 13.1. The third-order valence-corrected chi connectivity index (χ3v) is 7.29. The number of aryl methyl sites for hydroxylation is 3. The summed E-state index contributed by atoms with van der Waals surface area (Å²) in [6.07, 6.45) is 3.96. The van der Waals surface area contributed by atoms with E-state index in [9.17, 15) is 9.59 Å². The van der Waals surface area contributed by atoms with Crippen molar-refractivity contribution in [1.82, 2.24) is 19.2 Å². The number of carbonyl (C=O) groups excluding carboxylic acids is 1. The number of benzene rings is 2. The number of piperidine rings is 1. The second-order valence-corrected chi connectivity index (χ2v) is 10.0. The highest BCUT2D eigenvalue weighted by atomic mass is 79.9. The topological polar surface area (TPSA) is 69.4 Å². The fraction of sp³-hybridized carbons (Fsp3) is 0.370. The first-order chi connectivity index (χ1) is 17.0. The van der Waals surface area contributed by atoms with Crippen LogP contribution in [-0.4, -0.2) is 43.8 Å². The van der Waals surface area contributed by atoms with E-state index in [4.69, 9.17) is 9.84 Å². The first kappa shape index (κ1) is 23.6. The molecule has 5 rings (SSSR count). The summed E-state index contributed by atoms with van der Waals surface area (Å²) in [6, 6.07) is 14.0. The van der Waals surface area contributed by atoms with E-state index in [1.807, 2.05) is 61.2 Å². The Morgan fingerprint density at radius 3 is 2.60 bits per heavy atom. The van der Waals surface area contributed by atoms with E-state index in [1.54, 1.807) is 9.47 Å². The van der Waals surface area contributed by atoms with Crippen molar-refractivity contribution in [2.75, 3.05) is 18.4 Å². The minimum atomic E-state index is -0.286. The van der Waals surface area contributed by atoms with Gasteiger partial charge in [0, 0.05) is 41.6 Å². The summed E-state index contributed by atoms with van der Waals surface area (Å²) in [5, 5.41) is 8.33. The van der Waals surface area contributed by atoms with Crippen LogP contribution in [0.15, 0.2) is 53.5 Å². The molecular formula is C27H29BrN4O3. The van der Waals surface area contributed by atoms with Crippen LogP contribution in [-0.2, 0) is 24.8 Å². The maximum atomic E-state index is 13.4. The molecule has 3 heterocycles. The van der Waals surface area contributed by atoms with E-state index in [-0.39, 0.29) is 24.3 Å². The molecule has 4 aromatic rings. The Labute approximate surface area is 212 Å². The zero-order chi connectivity index (χ0) is 24.5. The molecule has 0 atom stereocenters. The third kappa shape index (κ3) is 4.47. The Morgan fingerprint density at radius 2 is 1.89 bits per heavy atom. The van der Waals surface area contributed by atoms with Crippen LogP contribution in [0.5, 0.6) is 0 Å². The number of alkyl halides is 1. The van der Waals surface area contributed by atoms with Gasteiger partial charge in [-0.25, -0.2) is 9.48 Å². The van der Waals surface area contributed by atoms with Crippen molar-refractivity contribution in [2.45, 2.75) is 38.8 Å². The number of nitrogens with zero attached hydrogens (tertiary/aromatic N) is 4. The molecule has 0 saturated carbocycles. The van der Waals surface area contributed by atoms with Crippen LogP contribution in [0, 0.1) is 6.92 Å². The van der Waals surface area contributed by atoms with Crippen molar-refractivity contribution in [3.8, 4) is 0 Å². The normalized spacial score (nSPS) is 14.7. The zero-order valence-corrected chi connectivity index (χ0v) is 21.6. The van der Waals surface area contributed by atoms with Crippen LogP contribution in [0.1, 0.15) is 35.6 Å². The highest BCUT2D eigenvalue weighted by molar-refractivity contribution is 9.09. The lowest BCUT2D eigenvalue weighted by atomic mass is 9.98. The van der Waals surface area contributed by atoms with Gasteiger partial charge in [-0.2, -0.15) is 5.10 Å². The van der Waals surface area contributed by atoms with Crippen LogP contribution < -0.4 is 5.56 Å². The van der Waals surface area contributed by atoms with Crippen molar-refractivity contribution in [3.05, 3.63) is 75.7 Å². The van der Waals surface area contributed by atoms with Gasteiger partial charge in [-0.05, 0) is 43.4 Å². The number of halogens is 1. The number of ether oxygens (including phenoxy) is 1. The molecule has 0 unspecified atom stereocenters. The third-order valence-electron chi connectivity index (χ3n) is 6.89. The number of fused-ring (bicyclic) bond motifs is 3. The van der Waals surface area contributed by atoms with Crippen molar-refractivity contribution in [3.63, 3.8) is 0 Å². The van der Waals surface area contributed by atoms with Gasteiger partial charge in [-0.3, -0.25) is 9.36 Å². The quantitative estimate of drug-likeness (QED) is 0.332. The molecule has 8 heteroatoms. The summed E-state index contributed by atoms with van der Waals surface area (Å²) in [6.45, 7) is 3.49. The highest BCUT2D eigenvalue weighted by Gasteiger charge is 2.27. The van der Waals surface area contributed by atoms with Crippen LogP contribution >= 0.6 is 15.9 Å². The van der Waals surface area contributed by atoms with Crippen LogP contribution in [0.3, 0.4) is 0 Å². The van der Waals surface area contributed by atoms with E-state index >= 15 is 0 Å². The summed E-state index contributed by atoms with van der Waals surface area (Å²) < 4.78 is 9.22. The molecule has 1 aliphatic rings. The first-order valence-electron chi connectivity index (χ1n) is 12.0. The minimum Gasteiger partial charge on any atom is -0.445 e. The number of aromatic nitrogens is 3. The molecule has 182 valence electrons. The average molecular weight is 537 g/mol. The molecule has 0 spiro atoms. The van der Waals surface area contributed by atoms with Gasteiger partial charge in [0.2, 0.25) is 0 Å². The lowest BCUT2D eigenvalue weighted by Crippen LogP contribution is -2.39. The van der Waals surface area contributed by atoms with Crippen molar-refractivity contribution in [1.29, 1.82) is 0 Å². The van der Waals surface area contributed by atoms with Gasteiger partial charge >= 0.3 is 6.09 Å². The Balaban J connectivity index is 1.39. The molecule has 0 aliphatic carbocycles. The van der Waals surface area contributed by atoms with Gasteiger partial charge in [-0.1, -0.05) is 57.9 Å². The monoisotopic (exact) mass is 536 g/mol. The lowest BCUT2D eigenvalue weighted by Gasteiger charge is -2.31. The predicted molar refractivity (Wildman–Crippen MR) is 141 cm³/mol. The number of hydrogen-bond acceptors (Lipinski definition) is 4. The molecule has 1 fully saturated rings. The molecule has 1 amide bonds. The SMILES string of the molecule is Cc1cc(CCBr)c2c(c1)c(=O)n(C)c1c2cnn1C1CCN(C(=O)OCc2ccccc2)CC1. The smallest absolute Gasteiger partial charge is 0.410 e. The maximum Gasteiger partial charge on any atom is 0.410 e. The van der Waals surface area contributed by atoms with E-state index in [2.05, 4.69) is 22.0 Å². The number of amides is 1. The summed E-state index contributed by atoms with van der Waals surface area (Å²) in [4.78, 5) is 27.7. The van der Waals surface area contributed by atoms with Crippen molar-refractivity contribution < 1.29 is 9.53 Å². The fourth-order valence-corrected chi connectivity index (χ4v) is 5.59. The van der Waals surface area contributed by atoms with Crippen LogP contribution in [0.4, 0.5) is 4.79 Å². The summed E-state index contributed by atoms with van der Waals surface area (Å²) >= 11 is 3.56. The molecular weight excluding hydrogens is 508 g/mol. The van der Waals surface area contributed by atoms with E-state index in [1.165, 1.54) is 0 Å². The molecule has 1 aliphatic heterocycles. The standard InChI is InChI=1S/C27H29BrN4O3/c1-18-14-20(8-11-28)24-22(15-18)26(33)30(2)25-23(24)16-29-32(25)21-9-12-31(13-10-21)27(34)35-17-19-6-4-3-5-7-19/h3-7,14-16,21H,8-13,17H2,1-2H3. The highest BCUT2D eigenvalue weighted by Crippen LogP contribution is 2.31. The van der Waals surface area contributed by atoms with E-state index in [0.29, 0.717) is 13.1 Å². The number of rotatable bonds is 5. The van der Waals surface area contributed by atoms with Gasteiger partial charge in [0.1, 0.15) is 12.3 Å². The van der Waals surface area contributed by atoms with Gasteiger partial charge in [0.05, 0.1) is 12.2 Å². The molecule has 2 aromatic carbocycles. The second kappa shape index (κ2) is 9.85. The Morgan fingerprint density at radius 1 is 1.14 bits per heavy atom. The molecule has 35 heavy (non-hydrogen) atoms. The van der Waals surface area contributed by atoms with Crippen molar-refractivity contribution >= 4 is 43.8 Å². The molecule has 0 N–H and O–H groups in total. The lowest BCUT2D eigenvalue weighted by molar-refractivity contribution is 0.0824. The Kier molecular flexibility index (Phi) is 6.65. The van der Waals surface area contributed by atoms with Gasteiger partial charge in [0.25, 0.3) is 5.56 Å². The summed E-state index contributed by atoms with van der Waals surface area (Å²) in [5.41, 5.74) is 4.06. The van der Waals surface area contributed by atoms with Gasteiger partial charge < -0.3 is 9.64 Å². The van der Waals surface area contributed by atoms with Crippen LogP contribution in [0.2, 0.25) is 0 Å². The molecule has 7 nitrogen and oxygen atoms in total.